The highest BCUT2D eigenvalue weighted by molar-refractivity contribution is 5.73. The number of carbonyl (C=O) groups excluding carboxylic acids is 1. The van der Waals surface area contributed by atoms with Gasteiger partial charge in [0.2, 0.25) is 0 Å². The molecule has 0 aliphatic heterocycles. The molecule has 2 amide bonds. The standard InChI is InChI=1S/C7H17N3O/c1-4-6(5-8)10(3)7(11)9-2/h6H,4-5,8H2,1-3H3,(H,9,11). The predicted molar refractivity (Wildman–Crippen MR) is 45.4 cm³/mol. The second-order valence-electron chi connectivity index (χ2n) is 2.46. The Morgan fingerprint density at radius 2 is 2.27 bits per heavy atom. The number of urea groups is 1. The van der Waals surface area contributed by atoms with Crippen molar-refractivity contribution in [2.75, 3.05) is 20.6 Å². The van der Waals surface area contributed by atoms with Gasteiger partial charge in [-0.05, 0) is 6.42 Å². The topological polar surface area (TPSA) is 58.4 Å². The molecular weight excluding hydrogens is 142 g/mol. The molecule has 11 heavy (non-hydrogen) atoms. The minimum absolute atomic E-state index is 0.0812. The average molecular weight is 159 g/mol. The number of nitrogens with zero attached hydrogens (tertiary/aromatic N) is 1. The van der Waals surface area contributed by atoms with Crippen LogP contribution < -0.4 is 11.1 Å². The summed E-state index contributed by atoms with van der Waals surface area (Å²) in [6.07, 6.45) is 0.889. The van der Waals surface area contributed by atoms with E-state index in [1.165, 1.54) is 0 Å². The number of hydrogen-bond donors (Lipinski definition) is 2. The van der Waals surface area contributed by atoms with Crippen LogP contribution in [-0.2, 0) is 0 Å². The summed E-state index contributed by atoms with van der Waals surface area (Å²) in [5.74, 6) is 0. The highest BCUT2D eigenvalue weighted by Crippen LogP contribution is 1.98. The molecule has 0 aromatic heterocycles. The van der Waals surface area contributed by atoms with Crippen molar-refractivity contribution in [1.82, 2.24) is 10.2 Å². The number of likely N-dealkylation sites (N-methyl/N-ethyl adjacent to an activating group) is 1. The normalized spacial score (nSPS) is 12.4. The molecule has 0 aromatic carbocycles. The van der Waals surface area contributed by atoms with Gasteiger partial charge in [0, 0.05) is 26.7 Å². The van der Waals surface area contributed by atoms with E-state index in [0.717, 1.165) is 6.42 Å². The summed E-state index contributed by atoms with van der Waals surface area (Å²) >= 11 is 0. The molecule has 1 unspecified atom stereocenters. The minimum atomic E-state index is -0.0812. The smallest absolute Gasteiger partial charge is 0.317 e. The number of amides is 2. The first-order chi connectivity index (χ1) is 5.17. The molecule has 0 aliphatic rings. The molecule has 0 aliphatic carbocycles. The molecule has 0 bridgehead atoms. The first-order valence-electron chi connectivity index (χ1n) is 3.81. The van der Waals surface area contributed by atoms with E-state index in [1.807, 2.05) is 6.92 Å². The molecule has 4 nitrogen and oxygen atoms in total. The number of carbonyl (C=O) groups is 1. The lowest BCUT2D eigenvalue weighted by atomic mass is 10.2. The maximum absolute atomic E-state index is 11.0. The average Bonchev–Trinajstić information content (AvgIpc) is 2.05. The zero-order chi connectivity index (χ0) is 8.85. The lowest BCUT2D eigenvalue weighted by molar-refractivity contribution is 0.192. The van der Waals surface area contributed by atoms with Gasteiger partial charge in [0.05, 0.1) is 0 Å². The van der Waals surface area contributed by atoms with Crippen LogP contribution in [0.5, 0.6) is 0 Å². The van der Waals surface area contributed by atoms with E-state index in [9.17, 15) is 4.79 Å². The Morgan fingerprint density at radius 1 is 1.73 bits per heavy atom. The van der Waals surface area contributed by atoms with Gasteiger partial charge in [0.25, 0.3) is 0 Å². The first kappa shape index (κ1) is 10.2. The van der Waals surface area contributed by atoms with Gasteiger partial charge < -0.3 is 16.0 Å². The molecule has 0 radical (unpaired) electrons. The zero-order valence-corrected chi connectivity index (χ0v) is 7.42. The molecule has 0 rings (SSSR count). The van der Waals surface area contributed by atoms with Crippen LogP contribution in [0.2, 0.25) is 0 Å². The highest BCUT2D eigenvalue weighted by atomic mass is 16.2. The maximum Gasteiger partial charge on any atom is 0.317 e. The molecule has 0 fully saturated rings. The monoisotopic (exact) mass is 159 g/mol. The van der Waals surface area contributed by atoms with Gasteiger partial charge in [0.15, 0.2) is 0 Å². The molecule has 3 N–H and O–H groups in total. The summed E-state index contributed by atoms with van der Waals surface area (Å²) in [5, 5.41) is 2.55. The van der Waals surface area contributed by atoms with Crippen LogP contribution in [0, 0.1) is 0 Å². The fourth-order valence-electron chi connectivity index (χ4n) is 0.941. The van der Waals surface area contributed by atoms with Crippen LogP contribution in [0.15, 0.2) is 0 Å². The summed E-state index contributed by atoms with van der Waals surface area (Å²) < 4.78 is 0. The summed E-state index contributed by atoms with van der Waals surface area (Å²) in [7, 11) is 3.36. The van der Waals surface area contributed by atoms with Gasteiger partial charge >= 0.3 is 6.03 Å². The molecule has 0 saturated heterocycles. The quantitative estimate of drug-likeness (QED) is 0.608. The van der Waals surface area contributed by atoms with Crippen LogP contribution in [0.25, 0.3) is 0 Å². The van der Waals surface area contributed by atoms with Crippen molar-refractivity contribution >= 4 is 6.03 Å². The Morgan fingerprint density at radius 3 is 2.55 bits per heavy atom. The largest absolute Gasteiger partial charge is 0.341 e. The van der Waals surface area contributed by atoms with Crippen molar-refractivity contribution in [2.24, 2.45) is 5.73 Å². The van der Waals surface area contributed by atoms with E-state index in [-0.39, 0.29) is 12.1 Å². The van der Waals surface area contributed by atoms with Crippen molar-refractivity contribution in [3.63, 3.8) is 0 Å². The first-order valence-corrected chi connectivity index (χ1v) is 3.81. The van der Waals surface area contributed by atoms with Crippen LogP contribution in [0.4, 0.5) is 4.79 Å². The van der Waals surface area contributed by atoms with Crippen LogP contribution in [-0.4, -0.2) is 37.6 Å². The Labute approximate surface area is 67.7 Å². The fraction of sp³-hybridized carbons (Fsp3) is 0.857. The molecule has 4 heteroatoms. The molecule has 1 atom stereocenters. The number of hydrogen-bond acceptors (Lipinski definition) is 2. The maximum atomic E-state index is 11.0. The lowest BCUT2D eigenvalue weighted by Crippen LogP contribution is -2.45. The molecular formula is C7H17N3O. The summed E-state index contributed by atoms with van der Waals surface area (Å²) in [4.78, 5) is 12.7. The molecule has 66 valence electrons. The van der Waals surface area contributed by atoms with E-state index in [2.05, 4.69) is 5.32 Å². The van der Waals surface area contributed by atoms with Gasteiger partial charge in [0.1, 0.15) is 0 Å². The second kappa shape index (κ2) is 4.96. The third kappa shape index (κ3) is 2.76. The van der Waals surface area contributed by atoms with Crippen LogP contribution >= 0.6 is 0 Å². The second-order valence-corrected chi connectivity index (χ2v) is 2.46. The van der Waals surface area contributed by atoms with Crippen molar-refractivity contribution in [3.8, 4) is 0 Å². The van der Waals surface area contributed by atoms with Gasteiger partial charge in [-0.3, -0.25) is 0 Å². The number of nitrogens with two attached hydrogens (primary N) is 1. The van der Waals surface area contributed by atoms with E-state index < -0.39 is 0 Å². The lowest BCUT2D eigenvalue weighted by Gasteiger charge is -2.25. The Kier molecular flexibility index (Phi) is 4.61. The van der Waals surface area contributed by atoms with Crippen LogP contribution in [0.1, 0.15) is 13.3 Å². The Balaban J connectivity index is 3.97. The third-order valence-electron chi connectivity index (χ3n) is 1.83. The van der Waals surface area contributed by atoms with E-state index in [0.29, 0.717) is 6.54 Å². The summed E-state index contributed by atoms with van der Waals surface area (Å²) in [6.45, 7) is 2.53. The predicted octanol–water partition coefficient (Wildman–Crippen LogP) is -0.00510. The van der Waals surface area contributed by atoms with Crippen molar-refractivity contribution in [2.45, 2.75) is 19.4 Å². The molecule has 0 spiro atoms. The van der Waals surface area contributed by atoms with Gasteiger partial charge in [-0.15, -0.1) is 0 Å². The number of nitrogens with one attached hydrogen (secondary N) is 1. The van der Waals surface area contributed by atoms with E-state index in [1.54, 1.807) is 19.0 Å². The molecule has 0 aromatic rings. The number of rotatable bonds is 3. The summed E-state index contributed by atoms with van der Waals surface area (Å²) in [5.41, 5.74) is 5.46. The van der Waals surface area contributed by atoms with E-state index in [4.69, 9.17) is 5.73 Å². The van der Waals surface area contributed by atoms with Crippen molar-refractivity contribution < 1.29 is 4.79 Å². The zero-order valence-electron chi connectivity index (χ0n) is 7.42. The van der Waals surface area contributed by atoms with E-state index >= 15 is 0 Å². The Hall–Kier alpha value is -0.770. The molecule has 0 saturated carbocycles. The Bertz CT molecular complexity index is 123. The minimum Gasteiger partial charge on any atom is -0.341 e. The third-order valence-corrected chi connectivity index (χ3v) is 1.83. The van der Waals surface area contributed by atoms with Crippen molar-refractivity contribution in [1.29, 1.82) is 0 Å². The van der Waals surface area contributed by atoms with Crippen molar-refractivity contribution in [3.05, 3.63) is 0 Å². The SMILES string of the molecule is CCC(CN)N(C)C(=O)NC. The fourth-order valence-corrected chi connectivity index (χ4v) is 0.941. The van der Waals surface area contributed by atoms with Gasteiger partial charge in [-0.25, -0.2) is 4.79 Å². The van der Waals surface area contributed by atoms with Gasteiger partial charge in [-0.1, -0.05) is 6.92 Å². The van der Waals surface area contributed by atoms with Crippen LogP contribution in [0.3, 0.4) is 0 Å². The summed E-state index contributed by atoms with van der Waals surface area (Å²) in [6, 6.07) is 0.0669. The highest BCUT2D eigenvalue weighted by Gasteiger charge is 2.14. The van der Waals surface area contributed by atoms with Gasteiger partial charge in [-0.2, -0.15) is 0 Å². The molecule has 0 heterocycles.